The van der Waals surface area contributed by atoms with Crippen molar-refractivity contribution in [3.8, 4) is 0 Å². The van der Waals surface area contributed by atoms with E-state index in [1.807, 2.05) is 37.3 Å². The van der Waals surface area contributed by atoms with Gasteiger partial charge >= 0.3 is 0 Å². The van der Waals surface area contributed by atoms with E-state index in [0.29, 0.717) is 17.9 Å². The summed E-state index contributed by atoms with van der Waals surface area (Å²) < 4.78 is 13.1. The monoisotopic (exact) mass is 319 g/mol. The average molecular weight is 320 g/mol. The summed E-state index contributed by atoms with van der Waals surface area (Å²) in [7, 11) is 1.77. The van der Waals surface area contributed by atoms with Crippen molar-refractivity contribution in [2.75, 3.05) is 7.05 Å². The van der Waals surface area contributed by atoms with Gasteiger partial charge < -0.3 is 4.90 Å². The maximum absolute atomic E-state index is 13.1. The molecule has 0 N–H and O–H groups in total. The highest BCUT2D eigenvalue weighted by Gasteiger charge is 2.19. The molecule has 2 rings (SSSR count). The second-order valence-corrected chi connectivity index (χ2v) is 5.74. The van der Waals surface area contributed by atoms with Crippen molar-refractivity contribution in [3.63, 3.8) is 0 Å². The minimum atomic E-state index is -0.275. The number of nitrogens with zero attached hydrogens (tertiary/aromatic N) is 1. The van der Waals surface area contributed by atoms with E-state index in [-0.39, 0.29) is 17.8 Å². The Hall–Kier alpha value is -1.87. The molecule has 0 radical (unpaired) electrons. The first-order chi connectivity index (χ1) is 10.5. The SMILES string of the molecule is CC(c1ccccc1Cl)N(C)C(=O)CCc1cccc(F)c1. The van der Waals surface area contributed by atoms with Crippen molar-refractivity contribution in [3.05, 3.63) is 70.5 Å². The molecular formula is C18H19ClFNO. The molecule has 0 aromatic heterocycles. The molecule has 2 aromatic rings. The number of hydrogen-bond acceptors (Lipinski definition) is 1. The van der Waals surface area contributed by atoms with Gasteiger partial charge in [0, 0.05) is 18.5 Å². The van der Waals surface area contributed by atoms with E-state index in [2.05, 4.69) is 0 Å². The van der Waals surface area contributed by atoms with Crippen LogP contribution in [0.5, 0.6) is 0 Å². The molecule has 1 unspecified atom stereocenters. The first-order valence-electron chi connectivity index (χ1n) is 7.23. The Morgan fingerprint density at radius 3 is 2.64 bits per heavy atom. The van der Waals surface area contributed by atoms with E-state index >= 15 is 0 Å². The molecule has 0 heterocycles. The molecule has 1 atom stereocenters. The van der Waals surface area contributed by atoms with Gasteiger partial charge in [-0.15, -0.1) is 0 Å². The summed E-state index contributed by atoms with van der Waals surface area (Å²) >= 11 is 6.18. The lowest BCUT2D eigenvalue weighted by Crippen LogP contribution is -2.30. The predicted molar refractivity (Wildman–Crippen MR) is 87.4 cm³/mol. The van der Waals surface area contributed by atoms with Crippen LogP contribution in [-0.2, 0) is 11.2 Å². The largest absolute Gasteiger partial charge is 0.339 e. The molecule has 0 aliphatic rings. The molecule has 0 saturated heterocycles. The van der Waals surface area contributed by atoms with E-state index in [1.54, 1.807) is 18.0 Å². The van der Waals surface area contributed by atoms with Crippen molar-refractivity contribution >= 4 is 17.5 Å². The van der Waals surface area contributed by atoms with Crippen LogP contribution in [0.25, 0.3) is 0 Å². The minimum absolute atomic E-state index is 0.0108. The van der Waals surface area contributed by atoms with E-state index in [0.717, 1.165) is 11.1 Å². The molecular weight excluding hydrogens is 301 g/mol. The lowest BCUT2D eigenvalue weighted by atomic mass is 10.1. The number of halogens is 2. The highest BCUT2D eigenvalue weighted by molar-refractivity contribution is 6.31. The van der Waals surface area contributed by atoms with E-state index in [4.69, 9.17) is 11.6 Å². The molecule has 116 valence electrons. The Morgan fingerprint density at radius 2 is 1.95 bits per heavy atom. The maximum Gasteiger partial charge on any atom is 0.223 e. The number of carbonyl (C=O) groups excluding carboxylic acids is 1. The molecule has 0 aliphatic heterocycles. The number of aryl methyl sites for hydroxylation is 1. The molecule has 22 heavy (non-hydrogen) atoms. The van der Waals surface area contributed by atoms with Crippen LogP contribution >= 0.6 is 11.6 Å². The van der Waals surface area contributed by atoms with Crippen molar-refractivity contribution in [1.82, 2.24) is 4.90 Å². The van der Waals surface area contributed by atoms with Crippen molar-refractivity contribution in [2.24, 2.45) is 0 Å². The van der Waals surface area contributed by atoms with E-state index in [1.165, 1.54) is 12.1 Å². The number of amides is 1. The van der Waals surface area contributed by atoms with Crippen LogP contribution in [-0.4, -0.2) is 17.9 Å². The van der Waals surface area contributed by atoms with Gasteiger partial charge in [0.25, 0.3) is 0 Å². The fourth-order valence-corrected chi connectivity index (χ4v) is 2.65. The summed E-state index contributed by atoms with van der Waals surface area (Å²) in [5, 5.41) is 0.653. The van der Waals surface area contributed by atoms with Gasteiger partial charge in [0.1, 0.15) is 5.82 Å². The Bertz CT molecular complexity index is 659. The highest BCUT2D eigenvalue weighted by Crippen LogP contribution is 2.26. The zero-order valence-corrected chi connectivity index (χ0v) is 13.5. The third-order valence-corrected chi connectivity index (χ3v) is 4.19. The molecule has 4 heteroatoms. The number of rotatable bonds is 5. The van der Waals surface area contributed by atoms with Crippen molar-refractivity contribution in [1.29, 1.82) is 0 Å². The Balaban J connectivity index is 1.98. The van der Waals surface area contributed by atoms with Crippen LogP contribution in [0.2, 0.25) is 5.02 Å². The van der Waals surface area contributed by atoms with Crippen molar-refractivity contribution in [2.45, 2.75) is 25.8 Å². The second-order valence-electron chi connectivity index (χ2n) is 5.33. The van der Waals surface area contributed by atoms with Gasteiger partial charge in [-0.1, -0.05) is 41.9 Å². The normalized spacial score (nSPS) is 12.0. The molecule has 0 saturated carbocycles. The number of hydrogen-bond donors (Lipinski definition) is 0. The quantitative estimate of drug-likeness (QED) is 0.786. The zero-order chi connectivity index (χ0) is 16.1. The fourth-order valence-electron chi connectivity index (χ4n) is 2.36. The van der Waals surface area contributed by atoms with E-state index < -0.39 is 0 Å². The Kier molecular flexibility index (Phi) is 5.56. The van der Waals surface area contributed by atoms with Crippen molar-refractivity contribution < 1.29 is 9.18 Å². The molecule has 2 aromatic carbocycles. The van der Waals surface area contributed by atoms with Gasteiger partial charge in [0.2, 0.25) is 5.91 Å². The molecule has 0 aliphatic carbocycles. The van der Waals surface area contributed by atoms with Crippen LogP contribution in [0.4, 0.5) is 4.39 Å². The third-order valence-electron chi connectivity index (χ3n) is 3.85. The maximum atomic E-state index is 13.1. The summed E-state index contributed by atoms with van der Waals surface area (Å²) in [4.78, 5) is 14.0. The smallest absolute Gasteiger partial charge is 0.223 e. The topological polar surface area (TPSA) is 20.3 Å². The minimum Gasteiger partial charge on any atom is -0.339 e. The van der Waals surface area contributed by atoms with Gasteiger partial charge in [0.15, 0.2) is 0 Å². The number of benzene rings is 2. The molecule has 0 fully saturated rings. The summed E-state index contributed by atoms with van der Waals surface area (Å²) in [5.41, 5.74) is 1.75. The van der Waals surface area contributed by atoms with E-state index in [9.17, 15) is 9.18 Å². The van der Waals surface area contributed by atoms with Crippen LogP contribution in [0, 0.1) is 5.82 Å². The van der Waals surface area contributed by atoms with Gasteiger partial charge in [-0.25, -0.2) is 4.39 Å². The van der Waals surface area contributed by atoms with Gasteiger partial charge in [-0.3, -0.25) is 4.79 Å². The average Bonchev–Trinajstić information content (AvgIpc) is 2.52. The first-order valence-corrected chi connectivity index (χ1v) is 7.61. The van der Waals surface area contributed by atoms with Crippen LogP contribution in [0.1, 0.15) is 30.5 Å². The highest BCUT2D eigenvalue weighted by atomic mass is 35.5. The number of carbonyl (C=O) groups is 1. The first kappa shape index (κ1) is 16.5. The summed E-state index contributed by atoms with van der Waals surface area (Å²) in [6.07, 6.45) is 0.866. The molecule has 1 amide bonds. The molecule has 0 spiro atoms. The Labute approximate surface area is 135 Å². The summed E-state index contributed by atoms with van der Waals surface area (Å²) in [6.45, 7) is 1.95. The van der Waals surface area contributed by atoms with Gasteiger partial charge in [-0.2, -0.15) is 0 Å². The van der Waals surface area contributed by atoms with Gasteiger partial charge in [0.05, 0.1) is 6.04 Å². The predicted octanol–water partition coefficient (Wildman–Crippen LogP) is 4.63. The summed E-state index contributed by atoms with van der Waals surface area (Å²) in [6, 6.07) is 13.8. The third kappa shape index (κ3) is 4.08. The standard InChI is InChI=1S/C18H19ClFNO/c1-13(16-8-3-4-9-17(16)19)21(2)18(22)11-10-14-6-5-7-15(20)12-14/h3-9,12-13H,10-11H2,1-2H3. The fraction of sp³-hybridized carbons (Fsp3) is 0.278. The lowest BCUT2D eigenvalue weighted by molar-refractivity contribution is -0.131. The molecule has 2 nitrogen and oxygen atoms in total. The summed E-state index contributed by atoms with van der Waals surface area (Å²) in [5.74, 6) is -0.264. The van der Waals surface area contributed by atoms with Crippen LogP contribution in [0.3, 0.4) is 0 Å². The van der Waals surface area contributed by atoms with Gasteiger partial charge in [-0.05, 0) is 42.7 Å². The lowest BCUT2D eigenvalue weighted by Gasteiger charge is -2.26. The second kappa shape index (κ2) is 7.41. The van der Waals surface area contributed by atoms with Crippen LogP contribution in [0.15, 0.2) is 48.5 Å². The molecule has 0 bridgehead atoms. The Morgan fingerprint density at radius 1 is 1.23 bits per heavy atom. The zero-order valence-electron chi connectivity index (χ0n) is 12.7. The van der Waals surface area contributed by atoms with Crippen LogP contribution < -0.4 is 0 Å².